The second-order valence-electron chi connectivity index (χ2n) is 7.86. The van der Waals surface area contributed by atoms with E-state index in [4.69, 9.17) is 14.0 Å². The summed E-state index contributed by atoms with van der Waals surface area (Å²) in [5, 5.41) is 13.3. The van der Waals surface area contributed by atoms with Gasteiger partial charge in [0.05, 0.1) is 12.2 Å². The first-order valence-corrected chi connectivity index (χ1v) is 9.72. The number of hydrogen-bond donors (Lipinski definition) is 0. The van der Waals surface area contributed by atoms with E-state index in [1.807, 2.05) is 12.1 Å². The zero-order valence-corrected chi connectivity index (χ0v) is 17.6. The number of benzene rings is 2. The van der Waals surface area contributed by atoms with Gasteiger partial charge in [-0.05, 0) is 41.7 Å². The van der Waals surface area contributed by atoms with Gasteiger partial charge in [0.1, 0.15) is 18.4 Å². The fourth-order valence-electron chi connectivity index (χ4n) is 2.87. The topological polar surface area (TPSA) is 85.4 Å². The summed E-state index contributed by atoms with van der Waals surface area (Å²) in [6.45, 7) is 8.84. The second-order valence-corrected chi connectivity index (χ2v) is 7.86. The van der Waals surface area contributed by atoms with Gasteiger partial charge in [0, 0.05) is 11.6 Å². The highest BCUT2D eigenvalue weighted by atomic mass is 16.5. The van der Waals surface area contributed by atoms with E-state index in [1.54, 1.807) is 25.1 Å². The zero-order chi connectivity index (χ0) is 21.7. The Hall–Kier alpha value is -3.59. The van der Waals surface area contributed by atoms with Crippen LogP contribution in [0.5, 0.6) is 5.75 Å². The van der Waals surface area contributed by atoms with Crippen molar-refractivity contribution >= 4 is 5.97 Å². The number of hydrogen-bond acceptors (Lipinski definition) is 6. The van der Waals surface area contributed by atoms with Crippen LogP contribution in [0.3, 0.4) is 0 Å². The van der Waals surface area contributed by atoms with Crippen LogP contribution in [0.2, 0.25) is 0 Å². The fourth-order valence-corrected chi connectivity index (χ4v) is 2.87. The molecule has 0 spiro atoms. The third kappa shape index (κ3) is 4.87. The Morgan fingerprint density at radius 3 is 2.50 bits per heavy atom. The summed E-state index contributed by atoms with van der Waals surface area (Å²) in [4.78, 5) is 11.7. The number of aromatic nitrogens is 1. The molecule has 0 fully saturated rings. The number of rotatable bonds is 6. The van der Waals surface area contributed by atoms with Crippen LogP contribution in [-0.4, -0.2) is 17.7 Å². The van der Waals surface area contributed by atoms with Crippen molar-refractivity contribution in [1.82, 2.24) is 5.16 Å². The monoisotopic (exact) mass is 404 g/mol. The van der Waals surface area contributed by atoms with Gasteiger partial charge in [-0.3, -0.25) is 0 Å². The standard InChI is InChI=1S/C24H24N2O4/c1-5-28-23(27)20-13-22(30-26-20)17-8-11-21(18(12-17)14-25)29-15-16-6-9-19(10-7-16)24(2,3)4/h6-13H,5,15H2,1-4H3. The van der Waals surface area contributed by atoms with Gasteiger partial charge in [-0.15, -0.1) is 0 Å². The summed E-state index contributed by atoms with van der Waals surface area (Å²) >= 11 is 0. The molecule has 6 heteroatoms. The number of nitriles is 1. The minimum absolute atomic E-state index is 0.0874. The first-order chi connectivity index (χ1) is 14.3. The Morgan fingerprint density at radius 2 is 1.87 bits per heavy atom. The molecule has 0 saturated heterocycles. The highest BCUT2D eigenvalue weighted by Gasteiger charge is 2.16. The third-order valence-electron chi connectivity index (χ3n) is 4.59. The van der Waals surface area contributed by atoms with E-state index < -0.39 is 5.97 Å². The highest BCUT2D eigenvalue weighted by Crippen LogP contribution is 2.28. The fraction of sp³-hybridized carbons (Fsp3) is 0.292. The van der Waals surface area contributed by atoms with Gasteiger partial charge in [0.2, 0.25) is 0 Å². The molecule has 0 unspecified atom stereocenters. The number of carbonyl (C=O) groups excluding carboxylic acids is 1. The number of nitrogens with zero attached hydrogens (tertiary/aromatic N) is 2. The summed E-state index contributed by atoms with van der Waals surface area (Å²) in [5.74, 6) is 0.301. The lowest BCUT2D eigenvalue weighted by molar-refractivity contribution is 0.0514. The third-order valence-corrected chi connectivity index (χ3v) is 4.59. The number of ether oxygens (including phenoxy) is 2. The smallest absolute Gasteiger partial charge is 0.360 e. The highest BCUT2D eigenvalue weighted by molar-refractivity contribution is 5.88. The average molecular weight is 404 g/mol. The largest absolute Gasteiger partial charge is 0.488 e. The lowest BCUT2D eigenvalue weighted by atomic mass is 9.87. The number of esters is 1. The van der Waals surface area contributed by atoms with Gasteiger partial charge in [-0.1, -0.05) is 50.2 Å². The van der Waals surface area contributed by atoms with Crippen molar-refractivity contribution < 1.29 is 18.8 Å². The van der Waals surface area contributed by atoms with E-state index >= 15 is 0 Å². The van der Waals surface area contributed by atoms with E-state index in [0.29, 0.717) is 29.2 Å². The van der Waals surface area contributed by atoms with Crippen LogP contribution in [0, 0.1) is 11.3 Å². The Balaban J connectivity index is 1.73. The van der Waals surface area contributed by atoms with Crippen molar-refractivity contribution in [3.63, 3.8) is 0 Å². The number of carbonyl (C=O) groups is 1. The summed E-state index contributed by atoms with van der Waals surface area (Å²) < 4.78 is 16.0. The Morgan fingerprint density at radius 1 is 1.13 bits per heavy atom. The minimum Gasteiger partial charge on any atom is -0.488 e. The van der Waals surface area contributed by atoms with Crippen LogP contribution in [0.1, 0.15) is 54.9 Å². The molecule has 0 atom stereocenters. The molecule has 154 valence electrons. The predicted molar refractivity (Wildman–Crippen MR) is 112 cm³/mol. The van der Waals surface area contributed by atoms with Crippen molar-refractivity contribution in [3.05, 3.63) is 70.9 Å². The Kier molecular flexibility index (Phi) is 6.22. The predicted octanol–water partition coefficient (Wildman–Crippen LogP) is 5.27. The van der Waals surface area contributed by atoms with E-state index in [-0.39, 0.29) is 17.7 Å². The van der Waals surface area contributed by atoms with Gasteiger partial charge in [-0.2, -0.15) is 5.26 Å². The lowest BCUT2D eigenvalue weighted by Crippen LogP contribution is -2.10. The molecular formula is C24H24N2O4. The maximum absolute atomic E-state index is 11.7. The van der Waals surface area contributed by atoms with Crippen LogP contribution in [0.4, 0.5) is 0 Å². The van der Waals surface area contributed by atoms with Gasteiger partial charge in [0.25, 0.3) is 0 Å². The van der Waals surface area contributed by atoms with Crippen molar-refractivity contribution in [2.24, 2.45) is 0 Å². The maximum atomic E-state index is 11.7. The molecule has 2 aromatic carbocycles. The van der Waals surface area contributed by atoms with Crippen LogP contribution in [0.25, 0.3) is 11.3 Å². The normalized spacial score (nSPS) is 11.0. The molecule has 1 heterocycles. The first-order valence-electron chi connectivity index (χ1n) is 9.72. The minimum atomic E-state index is -0.551. The Bertz CT molecular complexity index is 1070. The van der Waals surface area contributed by atoms with Crippen LogP contribution < -0.4 is 4.74 Å². The average Bonchev–Trinajstić information content (AvgIpc) is 3.22. The van der Waals surface area contributed by atoms with Crippen LogP contribution in [0.15, 0.2) is 53.1 Å². The van der Waals surface area contributed by atoms with Gasteiger partial charge < -0.3 is 14.0 Å². The molecule has 0 aliphatic rings. The summed E-state index contributed by atoms with van der Waals surface area (Å²) in [7, 11) is 0. The zero-order valence-electron chi connectivity index (χ0n) is 17.6. The quantitative estimate of drug-likeness (QED) is 0.521. The SMILES string of the molecule is CCOC(=O)c1cc(-c2ccc(OCc3ccc(C(C)(C)C)cc3)c(C#N)c2)on1. The molecule has 0 aliphatic carbocycles. The van der Waals surface area contributed by atoms with Crippen molar-refractivity contribution in [3.8, 4) is 23.1 Å². The van der Waals surface area contributed by atoms with E-state index in [9.17, 15) is 10.1 Å². The van der Waals surface area contributed by atoms with E-state index in [0.717, 1.165) is 5.56 Å². The molecule has 30 heavy (non-hydrogen) atoms. The molecular weight excluding hydrogens is 380 g/mol. The summed E-state index contributed by atoms with van der Waals surface area (Å²) in [5.41, 5.74) is 3.44. The van der Waals surface area contributed by atoms with Gasteiger partial charge in [0.15, 0.2) is 11.5 Å². The molecule has 0 N–H and O–H groups in total. The molecule has 3 rings (SSSR count). The molecule has 3 aromatic rings. The van der Waals surface area contributed by atoms with Crippen molar-refractivity contribution in [2.45, 2.75) is 39.7 Å². The van der Waals surface area contributed by atoms with Gasteiger partial charge >= 0.3 is 5.97 Å². The molecule has 0 aliphatic heterocycles. The summed E-state index contributed by atoms with van der Waals surface area (Å²) in [6, 6.07) is 17.0. The molecule has 0 radical (unpaired) electrons. The molecule has 1 aromatic heterocycles. The molecule has 0 amide bonds. The molecule has 0 saturated carbocycles. The lowest BCUT2D eigenvalue weighted by Gasteiger charge is -2.19. The van der Waals surface area contributed by atoms with Crippen molar-refractivity contribution in [2.75, 3.05) is 6.61 Å². The van der Waals surface area contributed by atoms with Crippen molar-refractivity contribution in [1.29, 1.82) is 5.26 Å². The van der Waals surface area contributed by atoms with E-state index in [2.05, 4.69) is 44.1 Å². The molecule has 6 nitrogen and oxygen atoms in total. The van der Waals surface area contributed by atoms with Crippen LogP contribution >= 0.6 is 0 Å². The van der Waals surface area contributed by atoms with E-state index in [1.165, 1.54) is 11.6 Å². The van der Waals surface area contributed by atoms with Crippen LogP contribution in [-0.2, 0) is 16.8 Å². The second kappa shape index (κ2) is 8.83. The maximum Gasteiger partial charge on any atom is 0.360 e. The summed E-state index contributed by atoms with van der Waals surface area (Å²) in [6.07, 6.45) is 0. The first kappa shape index (κ1) is 21.1. The van der Waals surface area contributed by atoms with Gasteiger partial charge in [-0.25, -0.2) is 4.79 Å². The Labute approximate surface area is 176 Å². The molecule has 0 bridgehead atoms.